The van der Waals surface area contributed by atoms with Gasteiger partial charge in [0.15, 0.2) is 0 Å². The van der Waals surface area contributed by atoms with E-state index in [9.17, 15) is 18.0 Å². The number of sulfonamides is 1. The summed E-state index contributed by atoms with van der Waals surface area (Å²) >= 11 is 6.10. The summed E-state index contributed by atoms with van der Waals surface area (Å²) in [4.78, 5) is 30.2. The Kier molecular flexibility index (Phi) is 7.15. The summed E-state index contributed by atoms with van der Waals surface area (Å²) < 4.78 is 30.0. The fourth-order valence-electron chi connectivity index (χ4n) is 4.28. The second-order valence-electron chi connectivity index (χ2n) is 8.37. The van der Waals surface area contributed by atoms with Crippen molar-refractivity contribution >= 4 is 39.1 Å². The SMILES string of the molecule is CCn1cc(C(=O)N2CCN(C(C)=O)CC2)c(S(=O)(=O)N2CCN(c3cccc(Cl)c3)CC2)n1. The molecule has 0 saturated carbocycles. The molecule has 1 aromatic carbocycles. The van der Waals surface area contributed by atoms with Crippen LogP contribution in [0.4, 0.5) is 5.69 Å². The summed E-state index contributed by atoms with van der Waals surface area (Å²) in [6.07, 6.45) is 1.51. The molecule has 12 heteroatoms. The minimum Gasteiger partial charge on any atom is -0.369 e. The molecular weight excluding hydrogens is 480 g/mol. The maximum absolute atomic E-state index is 13.6. The van der Waals surface area contributed by atoms with Gasteiger partial charge in [-0.15, -0.1) is 0 Å². The number of rotatable bonds is 5. The molecule has 0 aliphatic carbocycles. The van der Waals surface area contributed by atoms with Gasteiger partial charge >= 0.3 is 0 Å². The van der Waals surface area contributed by atoms with E-state index >= 15 is 0 Å². The van der Waals surface area contributed by atoms with E-state index in [-0.39, 0.29) is 35.5 Å². The van der Waals surface area contributed by atoms with Crippen molar-refractivity contribution in [3.8, 4) is 0 Å². The minimum absolute atomic E-state index is 0.0360. The lowest BCUT2D eigenvalue weighted by Gasteiger charge is -2.35. The van der Waals surface area contributed by atoms with Gasteiger partial charge in [0.05, 0.1) is 5.56 Å². The highest BCUT2D eigenvalue weighted by Crippen LogP contribution is 2.25. The molecule has 0 bridgehead atoms. The standard InChI is InChI=1S/C22H29ClN6O4S/c1-3-28-16-20(22(31)27-9-7-25(8-10-27)17(2)30)21(24-28)34(32,33)29-13-11-26(12-14-29)19-6-4-5-18(23)15-19/h4-6,15-16H,3,7-14H2,1-2H3. The van der Waals surface area contributed by atoms with Gasteiger partial charge < -0.3 is 14.7 Å². The van der Waals surface area contributed by atoms with E-state index in [4.69, 9.17) is 11.6 Å². The molecular formula is C22H29ClN6O4S. The third kappa shape index (κ3) is 4.91. The number of carbonyl (C=O) groups is 2. The molecule has 10 nitrogen and oxygen atoms in total. The van der Waals surface area contributed by atoms with E-state index in [1.165, 1.54) is 22.1 Å². The first kappa shape index (κ1) is 24.5. The van der Waals surface area contributed by atoms with Crippen LogP contribution < -0.4 is 4.90 Å². The molecule has 4 rings (SSSR count). The lowest BCUT2D eigenvalue weighted by Crippen LogP contribution is -2.51. The zero-order valence-corrected chi connectivity index (χ0v) is 20.9. The van der Waals surface area contributed by atoms with Crippen LogP contribution in [0.1, 0.15) is 24.2 Å². The van der Waals surface area contributed by atoms with Crippen molar-refractivity contribution in [2.75, 3.05) is 57.3 Å². The Bertz CT molecular complexity index is 1170. The van der Waals surface area contributed by atoms with Crippen LogP contribution in [0.25, 0.3) is 0 Å². The summed E-state index contributed by atoms with van der Waals surface area (Å²) in [5, 5.41) is 4.69. The number of amides is 2. The zero-order chi connectivity index (χ0) is 24.5. The first-order valence-electron chi connectivity index (χ1n) is 11.3. The van der Waals surface area contributed by atoms with Crippen molar-refractivity contribution in [2.45, 2.75) is 25.4 Å². The third-order valence-electron chi connectivity index (χ3n) is 6.29. The van der Waals surface area contributed by atoms with Gasteiger partial charge in [-0.3, -0.25) is 14.3 Å². The van der Waals surface area contributed by atoms with Crippen molar-refractivity contribution in [1.29, 1.82) is 0 Å². The van der Waals surface area contributed by atoms with Gasteiger partial charge in [-0.25, -0.2) is 8.42 Å². The first-order valence-corrected chi connectivity index (χ1v) is 13.2. The third-order valence-corrected chi connectivity index (χ3v) is 8.36. The van der Waals surface area contributed by atoms with Crippen molar-refractivity contribution in [3.63, 3.8) is 0 Å². The quantitative estimate of drug-likeness (QED) is 0.605. The monoisotopic (exact) mass is 508 g/mol. The van der Waals surface area contributed by atoms with Crippen LogP contribution in [0.2, 0.25) is 5.02 Å². The Balaban J connectivity index is 1.52. The number of nitrogens with zero attached hydrogens (tertiary/aromatic N) is 6. The average Bonchev–Trinajstić information content (AvgIpc) is 3.29. The fourth-order valence-corrected chi connectivity index (χ4v) is 5.98. The normalized spacial score (nSPS) is 17.8. The van der Waals surface area contributed by atoms with Crippen molar-refractivity contribution in [1.82, 2.24) is 23.9 Å². The van der Waals surface area contributed by atoms with Gasteiger partial charge in [0.25, 0.3) is 15.9 Å². The highest BCUT2D eigenvalue weighted by molar-refractivity contribution is 7.89. The summed E-state index contributed by atoms with van der Waals surface area (Å²) in [5.74, 6) is -0.412. The zero-order valence-electron chi connectivity index (χ0n) is 19.4. The molecule has 0 N–H and O–H groups in total. The molecule has 1 aromatic heterocycles. The minimum atomic E-state index is -3.97. The van der Waals surface area contributed by atoms with Gasteiger partial charge in [-0.1, -0.05) is 17.7 Å². The Hall–Kier alpha value is -2.63. The molecule has 2 aliphatic rings. The highest BCUT2D eigenvalue weighted by atomic mass is 35.5. The lowest BCUT2D eigenvalue weighted by molar-refractivity contribution is -0.130. The fraction of sp³-hybridized carbons (Fsp3) is 0.500. The topological polar surface area (TPSA) is 99.1 Å². The molecule has 2 saturated heterocycles. The molecule has 0 spiro atoms. The smallest absolute Gasteiger partial charge is 0.263 e. The Morgan fingerprint density at radius 3 is 2.24 bits per heavy atom. The van der Waals surface area contributed by atoms with E-state index in [0.29, 0.717) is 50.8 Å². The largest absolute Gasteiger partial charge is 0.369 e. The molecule has 34 heavy (non-hydrogen) atoms. The van der Waals surface area contributed by atoms with Crippen molar-refractivity contribution < 1.29 is 18.0 Å². The summed E-state index contributed by atoms with van der Waals surface area (Å²) in [6, 6.07) is 7.47. The van der Waals surface area contributed by atoms with Gasteiger partial charge in [0.1, 0.15) is 0 Å². The number of hydrogen-bond donors (Lipinski definition) is 0. The summed E-state index contributed by atoms with van der Waals surface area (Å²) in [5.41, 5.74) is 1.02. The summed E-state index contributed by atoms with van der Waals surface area (Å²) in [7, 11) is -3.97. The molecule has 2 aliphatic heterocycles. The van der Waals surface area contributed by atoms with Crippen LogP contribution in [-0.4, -0.2) is 96.5 Å². The number of halogens is 1. The second-order valence-corrected chi connectivity index (χ2v) is 10.7. The molecule has 0 atom stereocenters. The molecule has 2 fully saturated rings. The maximum atomic E-state index is 13.6. The van der Waals surface area contributed by atoms with Crippen molar-refractivity contribution in [3.05, 3.63) is 41.0 Å². The van der Waals surface area contributed by atoms with E-state index in [1.54, 1.807) is 15.9 Å². The first-order chi connectivity index (χ1) is 16.2. The van der Waals surface area contributed by atoms with E-state index in [0.717, 1.165) is 5.69 Å². The van der Waals surface area contributed by atoms with Crippen LogP contribution in [0.5, 0.6) is 0 Å². The Morgan fingerprint density at radius 2 is 1.65 bits per heavy atom. The number of anilines is 1. The van der Waals surface area contributed by atoms with Crippen LogP contribution in [-0.2, 0) is 21.4 Å². The number of piperazine rings is 2. The molecule has 2 amide bonds. The molecule has 2 aromatic rings. The molecule has 0 unspecified atom stereocenters. The molecule has 0 radical (unpaired) electrons. The van der Waals surface area contributed by atoms with E-state index < -0.39 is 10.0 Å². The van der Waals surface area contributed by atoms with E-state index in [2.05, 4.69) is 10.00 Å². The number of hydrogen-bond acceptors (Lipinski definition) is 6. The molecule has 184 valence electrons. The van der Waals surface area contributed by atoms with Crippen LogP contribution in [0.15, 0.2) is 35.5 Å². The Morgan fingerprint density at radius 1 is 1.00 bits per heavy atom. The predicted octanol–water partition coefficient (Wildman–Crippen LogP) is 1.37. The number of aromatic nitrogens is 2. The maximum Gasteiger partial charge on any atom is 0.263 e. The summed E-state index contributed by atoms with van der Waals surface area (Å²) in [6.45, 7) is 6.91. The number of benzene rings is 1. The van der Waals surface area contributed by atoms with Gasteiger partial charge in [0.2, 0.25) is 10.9 Å². The number of carbonyl (C=O) groups excluding carboxylic acids is 2. The Labute approximate surface area is 204 Å². The highest BCUT2D eigenvalue weighted by Gasteiger charge is 2.36. The second kappa shape index (κ2) is 9.93. The molecule has 3 heterocycles. The van der Waals surface area contributed by atoms with E-state index in [1.807, 2.05) is 25.1 Å². The lowest BCUT2D eigenvalue weighted by atomic mass is 10.2. The average molecular weight is 509 g/mol. The van der Waals surface area contributed by atoms with Crippen LogP contribution >= 0.6 is 11.6 Å². The van der Waals surface area contributed by atoms with Gasteiger partial charge in [-0.2, -0.15) is 9.40 Å². The van der Waals surface area contributed by atoms with Gasteiger partial charge in [-0.05, 0) is 25.1 Å². The number of aryl methyl sites for hydroxylation is 1. The van der Waals surface area contributed by atoms with Crippen LogP contribution in [0.3, 0.4) is 0 Å². The van der Waals surface area contributed by atoms with Crippen molar-refractivity contribution in [2.24, 2.45) is 0 Å². The van der Waals surface area contributed by atoms with Gasteiger partial charge in [0, 0.05) is 82.7 Å². The predicted molar refractivity (Wildman–Crippen MR) is 128 cm³/mol. The van der Waals surface area contributed by atoms with Crippen LogP contribution in [0, 0.1) is 0 Å².